The first-order valence-corrected chi connectivity index (χ1v) is 8.45. The average Bonchev–Trinajstić information content (AvgIpc) is 3.27. The number of benzene rings is 1. The molecule has 5 heteroatoms. The lowest BCUT2D eigenvalue weighted by Crippen LogP contribution is -2.15. The highest BCUT2D eigenvalue weighted by atomic mass is 32.2. The van der Waals surface area contributed by atoms with Gasteiger partial charge in [-0.15, -0.1) is 0 Å². The molecule has 0 radical (unpaired) electrons. The van der Waals surface area contributed by atoms with Crippen LogP contribution in [0.2, 0.25) is 0 Å². The fourth-order valence-electron chi connectivity index (χ4n) is 2.03. The van der Waals surface area contributed by atoms with Crippen LogP contribution in [0.5, 0.6) is 5.75 Å². The van der Waals surface area contributed by atoms with E-state index in [9.17, 15) is 4.21 Å². The van der Waals surface area contributed by atoms with E-state index in [2.05, 4.69) is 17.4 Å². The van der Waals surface area contributed by atoms with E-state index in [1.165, 1.54) is 18.4 Å². The maximum Gasteiger partial charge on any atom is 0.123 e. The summed E-state index contributed by atoms with van der Waals surface area (Å²) in [7, 11) is 2.36. The normalized spacial score (nSPS) is 16.1. The van der Waals surface area contributed by atoms with Crippen LogP contribution < -0.4 is 10.1 Å². The summed E-state index contributed by atoms with van der Waals surface area (Å²) in [6.45, 7) is 1.39. The van der Waals surface area contributed by atoms with Gasteiger partial charge in [0.1, 0.15) is 5.75 Å². The smallest absolute Gasteiger partial charge is 0.123 e. The van der Waals surface area contributed by atoms with Gasteiger partial charge in [0.2, 0.25) is 0 Å². The van der Waals surface area contributed by atoms with E-state index in [1.807, 2.05) is 6.07 Å². The lowest BCUT2D eigenvalue weighted by Gasteiger charge is -2.11. The van der Waals surface area contributed by atoms with Gasteiger partial charge in [0.15, 0.2) is 0 Å². The summed E-state index contributed by atoms with van der Waals surface area (Å²) in [6.07, 6.45) is 2.56. The van der Waals surface area contributed by atoms with Crippen molar-refractivity contribution in [2.75, 3.05) is 26.6 Å². The first-order chi connectivity index (χ1) is 9.72. The van der Waals surface area contributed by atoms with Gasteiger partial charge < -0.3 is 14.8 Å². The van der Waals surface area contributed by atoms with Crippen LogP contribution in [0.1, 0.15) is 24.0 Å². The van der Waals surface area contributed by atoms with Crippen LogP contribution in [0.15, 0.2) is 18.2 Å². The molecule has 1 unspecified atom stereocenters. The highest BCUT2D eigenvalue weighted by Crippen LogP contribution is 2.23. The average molecular weight is 297 g/mol. The van der Waals surface area contributed by atoms with Crippen LogP contribution in [0.4, 0.5) is 0 Å². The molecule has 0 heterocycles. The van der Waals surface area contributed by atoms with Crippen LogP contribution in [-0.2, 0) is 27.8 Å². The number of methoxy groups -OCH3 is 2. The molecule has 0 bridgehead atoms. The highest BCUT2D eigenvalue weighted by molar-refractivity contribution is 7.84. The molecule has 2 rings (SSSR count). The standard InChI is InChI=1S/C15H23NO3S/c1-18-7-8-20(17)11-13-9-12(3-6-15(13)19-2)10-16-14-4-5-14/h3,6,9,14,16H,4-5,7-8,10-11H2,1-2H3. The van der Waals surface area contributed by atoms with Gasteiger partial charge in [0, 0.05) is 41.8 Å². The molecular weight excluding hydrogens is 274 g/mol. The summed E-state index contributed by atoms with van der Waals surface area (Å²) < 4.78 is 22.3. The van der Waals surface area contributed by atoms with Gasteiger partial charge in [-0.05, 0) is 30.5 Å². The Labute approximate surface area is 123 Å². The minimum atomic E-state index is -0.917. The van der Waals surface area contributed by atoms with E-state index in [1.54, 1.807) is 14.2 Å². The molecule has 0 amide bonds. The third kappa shape index (κ3) is 4.89. The molecule has 0 saturated heterocycles. The van der Waals surface area contributed by atoms with Crippen molar-refractivity contribution in [3.05, 3.63) is 29.3 Å². The van der Waals surface area contributed by atoms with Crippen molar-refractivity contribution in [3.63, 3.8) is 0 Å². The van der Waals surface area contributed by atoms with Crippen molar-refractivity contribution in [1.82, 2.24) is 5.32 Å². The molecule has 1 aliphatic carbocycles. The quantitative estimate of drug-likeness (QED) is 0.755. The molecule has 1 saturated carbocycles. The highest BCUT2D eigenvalue weighted by Gasteiger charge is 2.20. The van der Waals surface area contributed by atoms with Crippen LogP contribution in [0, 0.1) is 0 Å². The molecule has 1 aliphatic rings. The summed E-state index contributed by atoms with van der Waals surface area (Å²) >= 11 is 0. The molecular formula is C15H23NO3S. The summed E-state index contributed by atoms with van der Waals surface area (Å²) in [5.41, 5.74) is 2.23. The van der Waals surface area contributed by atoms with Crippen LogP contribution in [-0.4, -0.2) is 36.8 Å². The second-order valence-corrected chi connectivity index (χ2v) is 6.66. The number of rotatable bonds is 9. The van der Waals surface area contributed by atoms with E-state index >= 15 is 0 Å². The Morgan fingerprint density at radius 2 is 2.15 bits per heavy atom. The Hall–Kier alpha value is -0.910. The van der Waals surface area contributed by atoms with E-state index < -0.39 is 10.8 Å². The van der Waals surface area contributed by atoms with Gasteiger partial charge in [-0.25, -0.2) is 0 Å². The van der Waals surface area contributed by atoms with Crippen molar-refractivity contribution in [1.29, 1.82) is 0 Å². The summed E-state index contributed by atoms with van der Waals surface area (Å²) in [5.74, 6) is 1.89. The van der Waals surface area contributed by atoms with Gasteiger partial charge in [0.05, 0.1) is 19.5 Å². The van der Waals surface area contributed by atoms with Crippen LogP contribution in [0.3, 0.4) is 0 Å². The van der Waals surface area contributed by atoms with Crippen LogP contribution in [0.25, 0.3) is 0 Å². The number of ether oxygens (including phenoxy) is 2. The molecule has 0 spiro atoms. The van der Waals surface area contributed by atoms with Crippen molar-refractivity contribution in [3.8, 4) is 5.75 Å². The topological polar surface area (TPSA) is 47.6 Å². The SMILES string of the molecule is COCCS(=O)Cc1cc(CNC2CC2)ccc1OC. The second-order valence-electron chi connectivity index (χ2n) is 5.08. The van der Waals surface area contributed by atoms with E-state index in [0.717, 1.165) is 17.9 Å². The lowest BCUT2D eigenvalue weighted by atomic mass is 10.1. The van der Waals surface area contributed by atoms with Gasteiger partial charge in [0.25, 0.3) is 0 Å². The van der Waals surface area contributed by atoms with Gasteiger partial charge in [-0.3, -0.25) is 4.21 Å². The number of nitrogens with one attached hydrogen (secondary N) is 1. The summed E-state index contributed by atoms with van der Waals surface area (Å²) in [5, 5.41) is 3.49. The fraction of sp³-hybridized carbons (Fsp3) is 0.600. The Kier molecular flexibility index (Phi) is 6.01. The predicted molar refractivity (Wildman–Crippen MR) is 81.4 cm³/mol. The van der Waals surface area contributed by atoms with E-state index in [4.69, 9.17) is 9.47 Å². The van der Waals surface area contributed by atoms with Gasteiger partial charge in [-0.1, -0.05) is 6.07 Å². The maximum absolute atomic E-state index is 12.0. The molecule has 1 fully saturated rings. The van der Waals surface area contributed by atoms with Crippen LogP contribution >= 0.6 is 0 Å². The van der Waals surface area contributed by atoms with Crippen molar-refractivity contribution < 1.29 is 13.7 Å². The van der Waals surface area contributed by atoms with Crippen molar-refractivity contribution in [2.45, 2.75) is 31.2 Å². The predicted octanol–water partition coefficient (Wildman–Crippen LogP) is 1.84. The van der Waals surface area contributed by atoms with E-state index in [0.29, 0.717) is 24.2 Å². The minimum Gasteiger partial charge on any atom is -0.496 e. The second kappa shape index (κ2) is 7.76. The Bertz CT molecular complexity index is 460. The fourth-order valence-corrected chi connectivity index (χ4v) is 3.10. The third-order valence-electron chi connectivity index (χ3n) is 3.35. The first-order valence-electron chi connectivity index (χ1n) is 6.96. The van der Waals surface area contributed by atoms with Gasteiger partial charge >= 0.3 is 0 Å². The lowest BCUT2D eigenvalue weighted by molar-refractivity contribution is 0.218. The third-order valence-corrected chi connectivity index (χ3v) is 4.60. The molecule has 112 valence electrons. The van der Waals surface area contributed by atoms with Crippen molar-refractivity contribution >= 4 is 10.8 Å². The molecule has 1 N–H and O–H groups in total. The summed E-state index contributed by atoms with van der Waals surface area (Å²) in [4.78, 5) is 0. The molecule has 20 heavy (non-hydrogen) atoms. The zero-order valence-corrected chi connectivity index (χ0v) is 13.0. The van der Waals surface area contributed by atoms with Gasteiger partial charge in [-0.2, -0.15) is 0 Å². The summed E-state index contributed by atoms with van der Waals surface area (Å²) in [6, 6.07) is 6.82. The Morgan fingerprint density at radius 1 is 1.35 bits per heavy atom. The minimum absolute atomic E-state index is 0.518. The zero-order valence-electron chi connectivity index (χ0n) is 12.2. The number of hydrogen-bond acceptors (Lipinski definition) is 4. The van der Waals surface area contributed by atoms with E-state index in [-0.39, 0.29) is 0 Å². The Balaban J connectivity index is 1.99. The molecule has 1 atom stereocenters. The molecule has 0 aliphatic heterocycles. The first kappa shape index (κ1) is 15.5. The Morgan fingerprint density at radius 3 is 2.80 bits per heavy atom. The maximum atomic E-state index is 12.0. The molecule has 1 aromatic rings. The van der Waals surface area contributed by atoms with Crippen molar-refractivity contribution in [2.24, 2.45) is 0 Å². The molecule has 4 nitrogen and oxygen atoms in total. The molecule has 0 aromatic heterocycles. The zero-order chi connectivity index (χ0) is 14.4. The number of hydrogen-bond donors (Lipinski definition) is 1. The largest absolute Gasteiger partial charge is 0.496 e. The monoisotopic (exact) mass is 297 g/mol. The molecule has 1 aromatic carbocycles.